The van der Waals surface area contributed by atoms with Crippen LogP contribution in [0, 0.1) is 3.57 Å². The molecule has 0 radical (unpaired) electrons. The van der Waals surface area contributed by atoms with Gasteiger partial charge in [-0.25, -0.2) is 0 Å². The van der Waals surface area contributed by atoms with Crippen molar-refractivity contribution in [1.29, 1.82) is 0 Å². The van der Waals surface area contributed by atoms with E-state index >= 15 is 0 Å². The minimum Gasteiger partial charge on any atom is -0.368 e. The van der Waals surface area contributed by atoms with Gasteiger partial charge in [-0.05, 0) is 83.1 Å². The molecule has 32 heavy (non-hydrogen) atoms. The van der Waals surface area contributed by atoms with E-state index in [1.54, 1.807) is 0 Å². The highest BCUT2D eigenvalue weighted by molar-refractivity contribution is 14.1. The molecule has 1 aliphatic heterocycles. The number of piperazine rings is 1. The molecule has 5 rings (SSSR count). The maximum Gasteiger partial charge on any atom is 0.264 e. The number of aromatic nitrogens is 1. The molecular weight excluding hydrogens is 529 g/mol. The zero-order chi connectivity index (χ0) is 21.9. The molecule has 6 heteroatoms. The number of rotatable bonds is 7. The van der Waals surface area contributed by atoms with E-state index in [0.29, 0.717) is 0 Å². The van der Waals surface area contributed by atoms with Crippen LogP contribution in [-0.2, 0) is 6.54 Å². The summed E-state index contributed by atoms with van der Waals surface area (Å²) in [4.78, 5) is 17.8. The molecule has 2 aromatic heterocycles. The molecule has 0 amide bonds. The molecule has 1 aliphatic rings. The topological polar surface area (TPSA) is 28.5 Å². The normalized spacial score (nSPS) is 15.1. The van der Waals surface area contributed by atoms with Crippen molar-refractivity contribution in [2.24, 2.45) is 0 Å². The highest BCUT2D eigenvalue weighted by atomic mass is 127. The van der Waals surface area contributed by atoms with E-state index in [9.17, 15) is 4.79 Å². The van der Waals surface area contributed by atoms with Crippen molar-refractivity contribution < 1.29 is 0 Å². The van der Waals surface area contributed by atoms with Gasteiger partial charge in [0.05, 0.1) is 9.09 Å². The standard InChI is InChI=1S/C26H28IN3OS/c27-22-19-20-7-2-3-8-23(20)30(26(22)31)13-5-1-4-12-28-14-16-29(17-15-28)24-9-6-10-25-21(24)11-18-32-25/h2-3,6-11,18-19H,1,4-5,12-17H2. The summed E-state index contributed by atoms with van der Waals surface area (Å²) >= 11 is 3.99. The van der Waals surface area contributed by atoms with Gasteiger partial charge in [0.15, 0.2) is 0 Å². The first-order chi connectivity index (χ1) is 15.7. The molecule has 166 valence electrons. The SMILES string of the molecule is O=c1c(I)cc2ccccc2n1CCCCCN1CCN(c2cccc3sccc23)CC1. The summed E-state index contributed by atoms with van der Waals surface area (Å²) in [6, 6.07) is 19.1. The van der Waals surface area contributed by atoms with E-state index in [-0.39, 0.29) is 5.56 Å². The van der Waals surface area contributed by atoms with E-state index in [0.717, 1.165) is 66.6 Å². The van der Waals surface area contributed by atoms with Crippen molar-refractivity contribution in [1.82, 2.24) is 9.47 Å². The summed E-state index contributed by atoms with van der Waals surface area (Å²) in [6.45, 7) is 6.40. The molecule has 4 nitrogen and oxygen atoms in total. The Morgan fingerprint density at radius 1 is 0.875 bits per heavy atom. The Bertz CT molecular complexity index is 1270. The second-order valence-corrected chi connectivity index (χ2v) is 10.6. The average molecular weight is 558 g/mol. The van der Waals surface area contributed by atoms with Crippen molar-refractivity contribution in [2.75, 3.05) is 37.6 Å². The Balaban J connectivity index is 1.10. The van der Waals surface area contributed by atoms with Crippen molar-refractivity contribution in [3.05, 3.63) is 73.9 Å². The molecule has 0 spiro atoms. The third kappa shape index (κ3) is 4.58. The van der Waals surface area contributed by atoms with E-state index < -0.39 is 0 Å². The number of nitrogens with zero attached hydrogens (tertiary/aromatic N) is 3. The van der Waals surface area contributed by atoms with Gasteiger partial charge in [-0.2, -0.15) is 0 Å². The average Bonchev–Trinajstić information content (AvgIpc) is 3.31. The Morgan fingerprint density at radius 2 is 1.69 bits per heavy atom. The first-order valence-corrected chi connectivity index (χ1v) is 13.4. The number of anilines is 1. The molecule has 0 aliphatic carbocycles. The number of hydrogen-bond donors (Lipinski definition) is 0. The van der Waals surface area contributed by atoms with Crippen molar-refractivity contribution in [3.8, 4) is 0 Å². The highest BCUT2D eigenvalue weighted by Gasteiger charge is 2.18. The summed E-state index contributed by atoms with van der Waals surface area (Å²) in [5.74, 6) is 0. The number of pyridine rings is 1. The van der Waals surface area contributed by atoms with Crippen LogP contribution in [0.2, 0.25) is 0 Å². The lowest BCUT2D eigenvalue weighted by Crippen LogP contribution is -2.46. The summed E-state index contributed by atoms with van der Waals surface area (Å²) in [5, 5.41) is 4.73. The third-order valence-electron chi connectivity index (χ3n) is 6.50. The second-order valence-electron chi connectivity index (χ2n) is 8.51. The predicted octanol–water partition coefficient (Wildman–Crippen LogP) is 5.81. The first kappa shape index (κ1) is 21.9. The maximum atomic E-state index is 12.6. The number of fused-ring (bicyclic) bond motifs is 2. The minimum absolute atomic E-state index is 0.140. The molecule has 2 aromatic carbocycles. The molecule has 0 bridgehead atoms. The smallest absolute Gasteiger partial charge is 0.264 e. The van der Waals surface area contributed by atoms with Gasteiger partial charge in [0.1, 0.15) is 0 Å². The largest absolute Gasteiger partial charge is 0.368 e. The highest BCUT2D eigenvalue weighted by Crippen LogP contribution is 2.31. The van der Waals surface area contributed by atoms with Crippen molar-refractivity contribution >= 4 is 60.6 Å². The molecule has 3 heterocycles. The van der Waals surface area contributed by atoms with Crippen LogP contribution in [0.15, 0.2) is 64.8 Å². The van der Waals surface area contributed by atoms with E-state index in [1.165, 1.54) is 22.2 Å². The van der Waals surface area contributed by atoms with Gasteiger partial charge >= 0.3 is 0 Å². The van der Waals surface area contributed by atoms with Crippen LogP contribution in [0.1, 0.15) is 19.3 Å². The fraction of sp³-hybridized carbons (Fsp3) is 0.346. The number of halogens is 1. The van der Waals surface area contributed by atoms with Crippen LogP contribution in [-0.4, -0.2) is 42.2 Å². The molecule has 4 aromatic rings. The second kappa shape index (κ2) is 9.93. The molecular formula is C26H28IN3OS. The van der Waals surface area contributed by atoms with E-state index in [4.69, 9.17) is 0 Å². The van der Waals surface area contributed by atoms with Gasteiger partial charge in [-0.3, -0.25) is 9.69 Å². The van der Waals surface area contributed by atoms with Crippen LogP contribution < -0.4 is 10.5 Å². The molecule has 0 unspecified atom stereocenters. The zero-order valence-corrected chi connectivity index (χ0v) is 21.1. The van der Waals surface area contributed by atoms with Crippen LogP contribution in [0.4, 0.5) is 5.69 Å². The molecule has 1 saturated heterocycles. The van der Waals surface area contributed by atoms with Crippen LogP contribution in [0.25, 0.3) is 21.0 Å². The lowest BCUT2D eigenvalue weighted by atomic mass is 10.1. The minimum atomic E-state index is 0.140. The van der Waals surface area contributed by atoms with Crippen LogP contribution in [0.3, 0.4) is 0 Å². The van der Waals surface area contributed by atoms with Crippen LogP contribution >= 0.6 is 33.9 Å². The summed E-state index contributed by atoms with van der Waals surface area (Å²) in [6.07, 6.45) is 3.39. The van der Waals surface area contributed by atoms with Gasteiger partial charge in [-0.1, -0.05) is 30.7 Å². The summed E-state index contributed by atoms with van der Waals surface area (Å²) in [7, 11) is 0. The maximum absolute atomic E-state index is 12.6. The number of aryl methyl sites for hydroxylation is 1. The Hall–Kier alpha value is -1.90. The van der Waals surface area contributed by atoms with Gasteiger partial charge in [-0.15, -0.1) is 11.3 Å². The van der Waals surface area contributed by atoms with Crippen molar-refractivity contribution in [3.63, 3.8) is 0 Å². The van der Waals surface area contributed by atoms with Gasteiger partial charge in [0.2, 0.25) is 0 Å². The summed E-state index contributed by atoms with van der Waals surface area (Å²) in [5.41, 5.74) is 2.58. The first-order valence-electron chi connectivity index (χ1n) is 11.4. The molecule has 0 atom stereocenters. The lowest BCUT2D eigenvalue weighted by molar-refractivity contribution is 0.252. The fourth-order valence-corrected chi connectivity index (χ4v) is 6.20. The number of benzene rings is 2. The lowest BCUT2D eigenvalue weighted by Gasteiger charge is -2.36. The Morgan fingerprint density at radius 3 is 2.56 bits per heavy atom. The fourth-order valence-electron chi connectivity index (χ4n) is 4.76. The summed E-state index contributed by atoms with van der Waals surface area (Å²) < 4.78 is 4.14. The third-order valence-corrected chi connectivity index (χ3v) is 8.16. The Kier molecular flexibility index (Phi) is 6.80. The van der Waals surface area contributed by atoms with Gasteiger partial charge < -0.3 is 9.47 Å². The monoisotopic (exact) mass is 557 g/mol. The van der Waals surface area contributed by atoms with Gasteiger partial charge in [0, 0.05) is 48.5 Å². The van der Waals surface area contributed by atoms with Crippen LogP contribution in [0.5, 0.6) is 0 Å². The van der Waals surface area contributed by atoms with E-state index in [2.05, 4.69) is 74.2 Å². The predicted molar refractivity (Wildman–Crippen MR) is 145 cm³/mol. The zero-order valence-electron chi connectivity index (χ0n) is 18.2. The molecule has 1 fully saturated rings. The molecule has 0 saturated carbocycles. The number of unbranched alkanes of at least 4 members (excludes halogenated alkanes) is 2. The quantitative estimate of drug-likeness (QED) is 0.212. The molecule has 0 N–H and O–H groups in total. The van der Waals surface area contributed by atoms with Crippen molar-refractivity contribution in [2.45, 2.75) is 25.8 Å². The number of thiophene rings is 1. The Labute approximate surface area is 206 Å². The van der Waals surface area contributed by atoms with E-state index in [1.807, 2.05) is 34.1 Å². The number of para-hydroxylation sites is 1. The number of hydrogen-bond acceptors (Lipinski definition) is 4. The van der Waals surface area contributed by atoms with Gasteiger partial charge in [0.25, 0.3) is 5.56 Å².